The molecule has 0 spiro atoms. The van der Waals surface area contributed by atoms with E-state index in [0.717, 1.165) is 6.20 Å². The van der Waals surface area contributed by atoms with Crippen LogP contribution in [0.25, 0.3) is 0 Å². The van der Waals surface area contributed by atoms with Gasteiger partial charge in [0, 0.05) is 6.20 Å². The summed E-state index contributed by atoms with van der Waals surface area (Å²) in [6, 6.07) is 0.123. The highest BCUT2D eigenvalue weighted by Gasteiger charge is 2.18. The SMILES string of the molecule is CN[C@@H]1CN=C(C(=CN)S(=O)[O-])OC1. The van der Waals surface area contributed by atoms with Gasteiger partial charge in [0.15, 0.2) is 0 Å². The molecule has 0 amide bonds. The molecule has 1 aliphatic heterocycles. The molecule has 0 saturated carbocycles. The zero-order valence-corrected chi connectivity index (χ0v) is 8.54. The summed E-state index contributed by atoms with van der Waals surface area (Å²) in [5.74, 6) is 0.0901. The van der Waals surface area contributed by atoms with Gasteiger partial charge in [-0.25, -0.2) is 4.99 Å². The van der Waals surface area contributed by atoms with E-state index in [9.17, 15) is 8.76 Å². The Balaban J connectivity index is 2.71. The number of likely N-dealkylation sites (N-methyl/N-ethyl adjacent to an activating group) is 1. The lowest BCUT2D eigenvalue weighted by Crippen LogP contribution is -2.38. The van der Waals surface area contributed by atoms with Gasteiger partial charge in [0.05, 0.1) is 12.6 Å². The van der Waals surface area contributed by atoms with Crippen LogP contribution >= 0.6 is 0 Å². The van der Waals surface area contributed by atoms with Gasteiger partial charge in [0.25, 0.3) is 0 Å². The number of hydrogen-bond acceptors (Lipinski definition) is 6. The molecule has 1 unspecified atom stereocenters. The van der Waals surface area contributed by atoms with Crippen LogP contribution in [0.15, 0.2) is 16.1 Å². The summed E-state index contributed by atoms with van der Waals surface area (Å²) in [6.07, 6.45) is 0.974. The predicted molar refractivity (Wildman–Crippen MR) is 52.3 cm³/mol. The van der Waals surface area contributed by atoms with E-state index in [1.165, 1.54) is 0 Å². The second kappa shape index (κ2) is 5.08. The summed E-state index contributed by atoms with van der Waals surface area (Å²) in [5, 5.41) is 2.97. The van der Waals surface area contributed by atoms with E-state index in [-0.39, 0.29) is 16.8 Å². The van der Waals surface area contributed by atoms with Crippen molar-refractivity contribution in [2.75, 3.05) is 20.2 Å². The zero-order valence-electron chi connectivity index (χ0n) is 7.73. The summed E-state index contributed by atoms with van der Waals surface area (Å²) in [5.41, 5.74) is 5.14. The van der Waals surface area contributed by atoms with E-state index >= 15 is 0 Å². The molecule has 0 aromatic rings. The molecular weight excluding hydrogens is 206 g/mol. The fourth-order valence-corrected chi connectivity index (χ4v) is 1.37. The number of rotatable bonds is 3. The summed E-state index contributed by atoms with van der Waals surface area (Å²) in [6.45, 7) is 0.879. The minimum Gasteiger partial charge on any atom is -0.768 e. The zero-order chi connectivity index (χ0) is 10.6. The number of nitrogens with one attached hydrogen (secondary N) is 1. The molecule has 0 aromatic heterocycles. The molecule has 80 valence electrons. The third-order valence-corrected chi connectivity index (χ3v) is 2.50. The van der Waals surface area contributed by atoms with Crippen LogP contribution in [0.3, 0.4) is 0 Å². The van der Waals surface area contributed by atoms with Crippen LogP contribution in [-0.4, -0.2) is 40.9 Å². The average Bonchev–Trinajstić information content (AvgIpc) is 2.19. The van der Waals surface area contributed by atoms with Gasteiger partial charge in [-0.1, -0.05) is 0 Å². The Morgan fingerprint density at radius 2 is 2.64 bits per heavy atom. The predicted octanol–water partition coefficient (Wildman–Crippen LogP) is -1.32. The largest absolute Gasteiger partial charge is 0.768 e. The van der Waals surface area contributed by atoms with Gasteiger partial charge in [-0.3, -0.25) is 4.21 Å². The molecule has 14 heavy (non-hydrogen) atoms. The fourth-order valence-electron chi connectivity index (χ4n) is 0.993. The van der Waals surface area contributed by atoms with Crippen LogP contribution in [0.1, 0.15) is 0 Å². The second-order valence-electron chi connectivity index (χ2n) is 2.71. The Morgan fingerprint density at radius 3 is 3.00 bits per heavy atom. The minimum absolute atomic E-state index is 0.0901. The summed E-state index contributed by atoms with van der Waals surface area (Å²) in [4.78, 5) is 3.87. The molecule has 2 atom stereocenters. The Hall–Kier alpha value is -0.920. The van der Waals surface area contributed by atoms with Crippen LogP contribution in [-0.2, 0) is 15.8 Å². The van der Waals surface area contributed by atoms with Crippen LogP contribution in [0.4, 0.5) is 0 Å². The van der Waals surface area contributed by atoms with Crippen molar-refractivity contribution in [3.8, 4) is 0 Å². The molecule has 0 fully saturated rings. The lowest BCUT2D eigenvalue weighted by molar-refractivity contribution is 0.244. The summed E-state index contributed by atoms with van der Waals surface area (Å²) < 4.78 is 26.5. The van der Waals surface area contributed by atoms with Crippen LogP contribution < -0.4 is 11.1 Å². The first-order valence-corrected chi connectivity index (χ1v) is 5.12. The van der Waals surface area contributed by atoms with Gasteiger partial charge in [0.2, 0.25) is 5.90 Å². The lowest BCUT2D eigenvalue weighted by Gasteiger charge is -2.23. The van der Waals surface area contributed by atoms with Crippen molar-refractivity contribution in [1.82, 2.24) is 5.32 Å². The molecular formula is C7H12N3O3S-. The fraction of sp³-hybridized carbons (Fsp3) is 0.571. The van der Waals surface area contributed by atoms with Crippen LogP contribution in [0.2, 0.25) is 0 Å². The Labute approximate surface area is 84.5 Å². The van der Waals surface area contributed by atoms with E-state index in [1.54, 1.807) is 7.05 Å². The number of hydrogen-bond donors (Lipinski definition) is 2. The normalized spacial score (nSPS) is 25.1. The first-order valence-electron chi connectivity index (χ1n) is 4.05. The maximum absolute atomic E-state index is 10.7. The van der Waals surface area contributed by atoms with Crippen molar-refractivity contribution < 1.29 is 13.5 Å². The molecule has 0 saturated heterocycles. The molecule has 1 aliphatic rings. The molecule has 0 aromatic carbocycles. The molecule has 3 N–H and O–H groups in total. The van der Waals surface area contributed by atoms with Crippen molar-refractivity contribution in [3.05, 3.63) is 11.1 Å². The molecule has 0 radical (unpaired) electrons. The van der Waals surface area contributed by atoms with Crippen molar-refractivity contribution in [2.45, 2.75) is 6.04 Å². The first kappa shape index (κ1) is 11.2. The highest BCUT2D eigenvalue weighted by atomic mass is 32.2. The highest BCUT2D eigenvalue weighted by molar-refractivity contribution is 7.84. The van der Waals surface area contributed by atoms with Crippen molar-refractivity contribution >= 4 is 17.0 Å². The average molecular weight is 218 g/mol. The quantitative estimate of drug-likeness (QED) is 0.572. The number of ether oxygens (including phenoxy) is 1. The lowest BCUT2D eigenvalue weighted by atomic mass is 10.3. The highest BCUT2D eigenvalue weighted by Crippen LogP contribution is 2.08. The smallest absolute Gasteiger partial charge is 0.225 e. The van der Waals surface area contributed by atoms with E-state index in [4.69, 9.17) is 10.5 Å². The van der Waals surface area contributed by atoms with E-state index in [1.807, 2.05) is 0 Å². The Kier molecular flexibility index (Phi) is 4.05. The van der Waals surface area contributed by atoms with Gasteiger partial charge < -0.3 is 20.3 Å². The monoisotopic (exact) mass is 218 g/mol. The van der Waals surface area contributed by atoms with E-state index in [0.29, 0.717) is 13.2 Å². The molecule has 6 nitrogen and oxygen atoms in total. The minimum atomic E-state index is -2.40. The van der Waals surface area contributed by atoms with Gasteiger partial charge in [-0.2, -0.15) is 0 Å². The molecule has 1 rings (SSSR count). The molecule has 1 heterocycles. The number of nitrogens with zero attached hydrogens (tertiary/aromatic N) is 1. The third-order valence-electron chi connectivity index (χ3n) is 1.83. The summed E-state index contributed by atoms with van der Waals surface area (Å²) >= 11 is -2.40. The van der Waals surface area contributed by atoms with E-state index < -0.39 is 11.1 Å². The van der Waals surface area contributed by atoms with Gasteiger partial charge in [0.1, 0.15) is 11.5 Å². The van der Waals surface area contributed by atoms with Gasteiger partial charge in [-0.15, -0.1) is 0 Å². The summed E-state index contributed by atoms with van der Waals surface area (Å²) in [7, 11) is 1.79. The van der Waals surface area contributed by atoms with Crippen molar-refractivity contribution in [3.63, 3.8) is 0 Å². The maximum Gasteiger partial charge on any atom is 0.225 e. The van der Waals surface area contributed by atoms with E-state index in [2.05, 4.69) is 10.3 Å². The third kappa shape index (κ3) is 2.53. The molecule has 0 bridgehead atoms. The first-order chi connectivity index (χ1) is 6.69. The molecule has 0 aliphatic carbocycles. The number of nitrogens with two attached hydrogens (primary N) is 1. The van der Waals surface area contributed by atoms with Crippen molar-refractivity contribution in [1.29, 1.82) is 0 Å². The van der Waals surface area contributed by atoms with Crippen molar-refractivity contribution in [2.24, 2.45) is 10.7 Å². The second-order valence-corrected chi connectivity index (χ2v) is 3.62. The number of aliphatic imine (C=N–C) groups is 1. The van der Waals surface area contributed by atoms with Gasteiger partial charge in [-0.05, 0) is 18.1 Å². The van der Waals surface area contributed by atoms with Crippen LogP contribution in [0.5, 0.6) is 0 Å². The molecule has 7 heteroatoms. The Morgan fingerprint density at radius 1 is 1.93 bits per heavy atom. The Bertz CT molecular complexity index is 290. The van der Waals surface area contributed by atoms with Crippen LogP contribution in [0, 0.1) is 0 Å². The maximum atomic E-state index is 10.7. The standard InChI is InChI=1S/C7H13N3O3S/c1-9-5-3-10-7(13-4-5)6(2-8)14(11)12/h2,5,9H,3-4,8H2,1H3,(H,11,12)/p-1/t5-/m1/s1. The van der Waals surface area contributed by atoms with Gasteiger partial charge >= 0.3 is 0 Å². The topological polar surface area (TPSA) is 99.8 Å².